The second kappa shape index (κ2) is 6.74. The number of hydrogen-bond acceptors (Lipinski definition) is 5. The van der Waals surface area contributed by atoms with Gasteiger partial charge >= 0.3 is 6.03 Å². The van der Waals surface area contributed by atoms with Gasteiger partial charge in [0.05, 0.1) is 0 Å². The van der Waals surface area contributed by atoms with Crippen molar-refractivity contribution in [2.75, 3.05) is 18.5 Å². The zero-order chi connectivity index (χ0) is 12.7. The predicted molar refractivity (Wildman–Crippen MR) is 66.6 cm³/mol. The van der Waals surface area contributed by atoms with Crippen molar-refractivity contribution >= 4 is 29.5 Å². The molecule has 0 aliphatic heterocycles. The number of hydrogen-bond donors (Lipinski definition) is 3. The fourth-order valence-corrected chi connectivity index (χ4v) is 1.80. The molecule has 6 nitrogen and oxygen atoms in total. The van der Waals surface area contributed by atoms with Crippen LogP contribution in [0, 0.1) is 0 Å². The molecule has 1 aromatic heterocycles. The van der Waals surface area contributed by atoms with Gasteiger partial charge in [-0.15, -0.1) is 11.8 Å². The van der Waals surface area contributed by atoms with Crippen LogP contribution in [0.3, 0.4) is 0 Å². The van der Waals surface area contributed by atoms with Gasteiger partial charge in [-0.05, 0) is 12.1 Å². The maximum Gasteiger partial charge on any atom is 0.321 e. The number of imide groups is 1. The predicted octanol–water partition coefficient (Wildman–Crippen LogP) is 0.602. The number of rotatable bonds is 4. The number of carbonyl (C=O) groups is 2. The van der Waals surface area contributed by atoms with Crippen LogP contribution >= 0.6 is 11.8 Å². The fourth-order valence-electron chi connectivity index (χ4n) is 0.990. The van der Waals surface area contributed by atoms with Gasteiger partial charge in [-0.1, -0.05) is 0 Å². The molecule has 17 heavy (non-hydrogen) atoms. The summed E-state index contributed by atoms with van der Waals surface area (Å²) < 4.78 is 0. The highest BCUT2D eigenvalue weighted by Crippen LogP contribution is 2.17. The summed E-state index contributed by atoms with van der Waals surface area (Å²) in [6.07, 6.45) is 1.92. The molecule has 7 heteroatoms. The molecule has 92 valence electrons. The molecular weight excluding hydrogens is 240 g/mol. The number of nitrogens with zero attached hydrogens (tertiary/aromatic N) is 1. The second-order valence-corrected chi connectivity index (χ2v) is 4.31. The standard InChI is InChI=1S/C10H14N4O2S/c1-12-10(16)14-9(15)4-5-17-7-2-3-8(11)13-6-7/h2-3,6H,4-5H2,1H3,(H2,11,13)(H2,12,14,15,16). The second-order valence-electron chi connectivity index (χ2n) is 3.14. The molecule has 0 bridgehead atoms. The maximum atomic E-state index is 11.2. The first-order chi connectivity index (χ1) is 8.11. The quantitative estimate of drug-likeness (QED) is 0.684. The Balaban J connectivity index is 2.26. The van der Waals surface area contributed by atoms with E-state index in [4.69, 9.17) is 5.73 Å². The van der Waals surface area contributed by atoms with E-state index in [0.717, 1.165) is 4.90 Å². The lowest BCUT2D eigenvalue weighted by Gasteiger charge is -2.03. The van der Waals surface area contributed by atoms with Crippen LogP contribution in [0.5, 0.6) is 0 Å². The van der Waals surface area contributed by atoms with Crippen molar-refractivity contribution < 1.29 is 9.59 Å². The zero-order valence-electron chi connectivity index (χ0n) is 9.40. The lowest BCUT2D eigenvalue weighted by Crippen LogP contribution is -2.37. The van der Waals surface area contributed by atoms with E-state index >= 15 is 0 Å². The topological polar surface area (TPSA) is 97.1 Å². The Morgan fingerprint density at radius 1 is 1.47 bits per heavy atom. The van der Waals surface area contributed by atoms with E-state index in [-0.39, 0.29) is 12.3 Å². The first-order valence-corrected chi connectivity index (χ1v) is 5.96. The molecule has 4 N–H and O–H groups in total. The minimum absolute atomic E-state index is 0.266. The first-order valence-electron chi connectivity index (χ1n) is 4.97. The number of nitrogens with two attached hydrogens (primary N) is 1. The van der Waals surface area contributed by atoms with Crippen molar-refractivity contribution in [3.63, 3.8) is 0 Å². The van der Waals surface area contributed by atoms with Crippen LogP contribution in [0.4, 0.5) is 10.6 Å². The molecule has 1 rings (SSSR count). The van der Waals surface area contributed by atoms with Crippen LogP contribution in [-0.2, 0) is 4.79 Å². The Labute approximate surface area is 103 Å². The van der Waals surface area contributed by atoms with E-state index in [1.165, 1.54) is 18.8 Å². The van der Waals surface area contributed by atoms with Crippen molar-refractivity contribution in [1.82, 2.24) is 15.6 Å². The van der Waals surface area contributed by atoms with Gasteiger partial charge in [0.25, 0.3) is 0 Å². The van der Waals surface area contributed by atoms with Gasteiger partial charge in [-0.2, -0.15) is 0 Å². The van der Waals surface area contributed by atoms with E-state index in [2.05, 4.69) is 15.6 Å². The van der Waals surface area contributed by atoms with Crippen LogP contribution in [-0.4, -0.2) is 29.7 Å². The van der Waals surface area contributed by atoms with Gasteiger partial charge in [-0.25, -0.2) is 9.78 Å². The van der Waals surface area contributed by atoms with Crippen LogP contribution in [0.2, 0.25) is 0 Å². The van der Waals surface area contributed by atoms with E-state index in [1.807, 2.05) is 6.07 Å². The molecule has 0 saturated heterocycles. The van der Waals surface area contributed by atoms with Gasteiger partial charge in [0.2, 0.25) is 5.91 Å². The van der Waals surface area contributed by atoms with Crippen molar-refractivity contribution in [3.8, 4) is 0 Å². The Kier molecular flexibility index (Phi) is 5.28. The highest BCUT2D eigenvalue weighted by atomic mass is 32.2. The number of urea groups is 1. The molecule has 0 atom stereocenters. The van der Waals surface area contributed by atoms with Gasteiger partial charge in [-0.3, -0.25) is 10.1 Å². The summed E-state index contributed by atoms with van der Waals surface area (Å²) in [4.78, 5) is 26.9. The molecule has 0 spiro atoms. The normalized spacial score (nSPS) is 9.71. The van der Waals surface area contributed by atoms with Gasteiger partial charge in [0, 0.05) is 30.3 Å². The Morgan fingerprint density at radius 2 is 2.24 bits per heavy atom. The van der Waals surface area contributed by atoms with Crippen molar-refractivity contribution in [2.24, 2.45) is 0 Å². The van der Waals surface area contributed by atoms with Gasteiger partial charge in [0.1, 0.15) is 5.82 Å². The molecule has 0 saturated carbocycles. The lowest BCUT2D eigenvalue weighted by molar-refractivity contribution is -0.119. The van der Waals surface area contributed by atoms with Crippen LogP contribution in [0.15, 0.2) is 23.2 Å². The molecule has 0 aliphatic rings. The van der Waals surface area contributed by atoms with Crippen molar-refractivity contribution in [2.45, 2.75) is 11.3 Å². The van der Waals surface area contributed by atoms with E-state index in [1.54, 1.807) is 12.3 Å². The fraction of sp³-hybridized carbons (Fsp3) is 0.300. The summed E-state index contributed by atoms with van der Waals surface area (Å²) in [6, 6.07) is 3.05. The van der Waals surface area contributed by atoms with Crippen LogP contribution in [0.1, 0.15) is 6.42 Å². The van der Waals surface area contributed by atoms with E-state index < -0.39 is 6.03 Å². The van der Waals surface area contributed by atoms with Crippen molar-refractivity contribution in [3.05, 3.63) is 18.3 Å². The summed E-state index contributed by atoms with van der Waals surface area (Å²) in [5.41, 5.74) is 5.44. The molecule has 0 fully saturated rings. The summed E-state index contributed by atoms with van der Waals surface area (Å²) in [5.74, 6) is 0.737. The van der Waals surface area contributed by atoms with E-state index in [0.29, 0.717) is 11.6 Å². The minimum atomic E-state index is -0.492. The smallest absolute Gasteiger partial charge is 0.321 e. The SMILES string of the molecule is CNC(=O)NC(=O)CCSc1ccc(N)nc1. The average molecular weight is 254 g/mol. The van der Waals surface area contributed by atoms with E-state index in [9.17, 15) is 9.59 Å². The highest BCUT2D eigenvalue weighted by molar-refractivity contribution is 7.99. The number of anilines is 1. The number of nitrogens with one attached hydrogen (secondary N) is 2. The molecular formula is C10H14N4O2S. The Hall–Kier alpha value is -1.76. The minimum Gasteiger partial charge on any atom is -0.384 e. The van der Waals surface area contributed by atoms with Crippen LogP contribution < -0.4 is 16.4 Å². The highest BCUT2D eigenvalue weighted by Gasteiger charge is 2.05. The zero-order valence-corrected chi connectivity index (χ0v) is 10.2. The number of aromatic nitrogens is 1. The third kappa shape index (κ3) is 5.21. The van der Waals surface area contributed by atoms with Gasteiger partial charge < -0.3 is 11.1 Å². The molecule has 0 radical (unpaired) electrons. The lowest BCUT2D eigenvalue weighted by atomic mass is 10.4. The third-order valence-electron chi connectivity index (χ3n) is 1.84. The number of amides is 3. The molecule has 1 aromatic rings. The summed E-state index contributed by atoms with van der Waals surface area (Å²) in [6.45, 7) is 0. The largest absolute Gasteiger partial charge is 0.384 e. The summed E-state index contributed by atoms with van der Waals surface area (Å²) >= 11 is 1.48. The average Bonchev–Trinajstić information content (AvgIpc) is 2.31. The third-order valence-corrected chi connectivity index (χ3v) is 2.82. The summed E-state index contributed by atoms with van der Waals surface area (Å²) in [5, 5.41) is 4.50. The number of nitrogen functional groups attached to an aromatic ring is 1. The number of pyridine rings is 1. The molecule has 3 amide bonds. The maximum absolute atomic E-state index is 11.2. The molecule has 0 unspecified atom stereocenters. The monoisotopic (exact) mass is 254 g/mol. The van der Waals surface area contributed by atoms with Crippen LogP contribution in [0.25, 0.3) is 0 Å². The Morgan fingerprint density at radius 3 is 2.82 bits per heavy atom. The van der Waals surface area contributed by atoms with Gasteiger partial charge in [0.15, 0.2) is 0 Å². The number of carbonyl (C=O) groups excluding carboxylic acids is 2. The van der Waals surface area contributed by atoms with Crippen molar-refractivity contribution in [1.29, 1.82) is 0 Å². The summed E-state index contributed by atoms with van der Waals surface area (Å²) in [7, 11) is 1.46. The Bertz CT molecular complexity index is 394. The molecule has 0 aliphatic carbocycles. The molecule has 0 aromatic carbocycles. The number of thioether (sulfide) groups is 1. The first kappa shape index (κ1) is 13.3. The molecule has 1 heterocycles.